The third kappa shape index (κ3) is 3.19. The third-order valence-corrected chi connectivity index (χ3v) is 4.47. The highest BCUT2D eigenvalue weighted by molar-refractivity contribution is 6.07. The molecule has 3 unspecified atom stereocenters. The lowest BCUT2D eigenvalue weighted by molar-refractivity contribution is -0.144. The van der Waals surface area contributed by atoms with E-state index in [0.717, 1.165) is 17.5 Å². The fourth-order valence-corrected chi connectivity index (χ4v) is 3.29. The van der Waals surface area contributed by atoms with Gasteiger partial charge in [-0.2, -0.15) is 0 Å². The number of hydrogen-bond donors (Lipinski definition) is 0. The summed E-state index contributed by atoms with van der Waals surface area (Å²) in [4.78, 5) is 25.1. The topological polar surface area (TPSA) is 43.4 Å². The number of rotatable bonds is 5. The van der Waals surface area contributed by atoms with Crippen LogP contribution in [0, 0.1) is 5.92 Å². The Bertz CT molecular complexity index is 679. The number of Topliss-reactive ketones (excluding diaryl/α,β-unsaturated/α-hetero) is 1. The quantitative estimate of drug-likeness (QED) is 0.627. The first kappa shape index (κ1) is 15.5. The van der Waals surface area contributed by atoms with Gasteiger partial charge in [-0.15, -0.1) is 0 Å². The van der Waals surface area contributed by atoms with Gasteiger partial charge in [0.1, 0.15) is 5.92 Å². The molecular formula is C20H20O3. The summed E-state index contributed by atoms with van der Waals surface area (Å²) in [7, 11) is 0. The minimum absolute atomic E-state index is 0.0884. The number of carbonyl (C=O) groups excluding carboxylic acids is 2. The van der Waals surface area contributed by atoms with Crippen LogP contribution in [0.4, 0.5) is 0 Å². The number of ketones is 1. The van der Waals surface area contributed by atoms with Crippen LogP contribution in [0.1, 0.15) is 30.4 Å². The van der Waals surface area contributed by atoms with Crippen molar-refractivity contribution in [1.29, 1.82) is 0 Å². The molecule has 2 aromatic rings. The van der Waals surface area contributed by atoms with Crippen molar-refractivity contribution in [3.63, 3.8) is 0 Å². The predicted octanol–water partition coefficient (Wildman–Crippen LogP) is 3.53. The number of carbonyl (C=O) groups is 2. The van der Waals surface area contributed by atoms with E-state index in [2.05, 4.69) is 0 Å². The van der Waals surface area contributed by atoms with Gasteiger partial charge in [-0.05, 0) is 17.5 Å². The standard InChI is InChI=1S/C20H20O3/c1-2-16(15-11-7-4-8-12-15)18-19(21)17(23-20(18)22)13-14-9-5-3-6-10-14/h3-12,16-18H,2,13H2,1H3. The lowest BCUT2D eigenvalue weighted by Gasteiger charge is -2.18. The monoisotopic (exact) mass is 308 g/mol. The molecule has 118 valence electrons. The number of hydrogen-bond acceptors (Lipinski definition) is 3. The van der Waals surface area contributed by atoms with Crippen LogP contribution in [0.15, 0.2) is 60.7 Å². The number of esters is 1. The maximum absolute atomic E-state index is 12.7. The van der Waals surface area contributed by atoms with Gasteiger partial charge in [0.15, 0.2) is 11.9 Å². The van der Waals surface area contributed by atoms with E-state index >= 15 is 0 Å². The molecule has 1 fully saturated rings. The van der Waals surface area contributed by atoms with Gasteiger partial charge in [0, 0.05) is 12.3 Å². The SMILES string of the molecule is CCC(c1ccccc1)C1C(=O)OC(Cc2ccccc2)C1=O. The van der Waals surface area contributed by atoms with E-state index in [0.29, 0.717) is 6.42 Å². The number of cyclic esters (lactones) is 1. The van der Waals surface area contributed by atoms with Crippen molar-refractivity contribution in [2.24, 2.45) is 5.92 Å². The lowest BCUT2D eigenvalue weighted by Crippen LogP contribution is -2.27. The molecule has 0 amide bonds. The van der Waals surface area contributed by atoms with E-state index < -0.39 is 12.0 Å². The van der Waals surface area contributed by atoms with Gasteiger partial charge < -0.3 is 4.74 Å². The van der Waals surface area contributed by atoms with Crippen molar-refractivity contribution in [2.75, 3.05) is 0 Å². The van der Waals surface area contributed by atoms with Crippen molar-refractivity contribution >= 4 is 11.8 Å². The Hall–Kier alpha value is -2.42. The molecule has 3 rings (SSSR count). The molecule has 0 spiro atoms. The highest BCUT2D eigenvalue weighted by Gasteiger charge is 2.47. The van der Waals surface area contributed by atoms with Crippen LogP contribution in [0.3, 0.4) is 0 Å². The van der Waals surface area contributed by atoms with E-state index in [1.165, 1.54) is 0 Å². The summed E-state index contributed by atoms with van der Waals surface area (Å²) in [5.41, 5.74) is 2.03. The van der Waals surface area contributed by atoms with Gasteiger partial charge in [0.05, 0.1) is 0 Å². The maximum Gasteiger partial charge on any atom is 0.317 e. The van der Waals surface area contributed by atoms with Crippen LogP contribution in [0.2, 0.25) is 0 Å². The second-order valence-electron chi connectivity index (χ2n) is 5.92. The van der Waals surface area contributed by atoms with E-state index in [1.807, 2.05) is 67.6 Å². The lowest BCUT2D eigenvalue weighted by atomic mass is 9.81. The van der Waals surface area contributed by atoms with Gasteiger partial charge in [-0.1, -0.05) is 67.6 Å². The van der Waals surface area contributed by atoms with Crippen LogP contribution in [0.25, 0.3) is 0 Å². The zero-order valence-corrected chi connectivity index (χ0v) is 13.1. The molecule has 3 heteroatoms. The van der Waals surface area contributed by atoms with Crippen molar-refractivity contribution in [2.45, 2.75) is 31.8 Å². The molecule has 0 radical (unpaired) electrons. The van der Waals surface area contributed by atoms with E-state index in [4.69, 9.17) is 4.74 Å². The van der Waals surface area contributed by atoms with E-state index in [-0.39, 0.29) is 17.7 Å². The smallest absolute Gasteiger partial charge is 0.317 e. The Morgan fingerprint density at radius 3 is 2.17 bits per heavy atom. The molecule has 3 atom stereocenters. The molecule has 0 aromatic heterocycles. The molecule has 3 nitrogen and oxygen atoms in total. The Balaban J connectivity index is 1.80. The summed E-state index contributed by atoms with van der Waals surface area (Å²) in [6, 6.07) is 19.4. The predicted molar refractivity (Wildman–Crippen MR) is 88.0 cm³/mol. The molecular weight excluding hydrogens is 288 g/mol. The minimum atomic E-state index is -0.684. The first-order valence-electron chi connectivity index (χ1n) is 8.03. The van der Waals surface area contributed by atoms with Gasteiger partial charge in [-0.25, -0.2) is 0 Å². The Kier molecular flexibility index (Phi) is 4.56. The first-order chi connectivity index (χ1) is 11.2. The average molecular weight is 308 g/mol. The molecule has 0 N–H and O–H groups in total. The Morgan fingerprint density at radius 1 is 0.957 bits per heavy atom. The molecule has 0 saturated carbocycles. The summed E-state index contributed by atoms with van der Waals surface area (Å²) >= 11 is 0. The van der Waals surface area contributed by atoms with Crippen LogP contribution in [-0.2, 0) is 20.7 Å². The molecule has 1 heterocycles. The van der Waals surface area contributed by atoms with E-state index in [9.17, 15) is 9.59 Å². The number of benzene rings is 2. The van der Waals surface area contributed by atoms with Crippen LogP contribution >= 0.6 is 0 Å². The second kappa shape index (κ2) is 6.78. The fraction of sp³-hybridized carbons (Fsp3) is 0.300. The van der Waals surface area contributed by atoms with Crippen LogP contribution in [-0.4, -0.2) is 17.9 Å². The Labute approximate surface area is 136 Å². The normalized spacial score (nSPS) is 22.0. The van der Waals surface area contributed by atoms with Crippen LogP contribution in [0.5, 0.6) is 0 Å². The maximum atomic E-state index is 12.7. The molecule has 1 aliphatic rings. The minimum Gasteiger partial charge on any atom is -0.453 e. The van der Waals surface area contributed by atoms with Crippen molar-refractivity contribution < 1.29 is 14.3 Å². The molecule has 0 bridgehead atoms. The molecule has 1 saturated heterocycles. The summed E-state index contributed by atoms with van der Waals surface area (Å²) in [5, 5.41) is 0. The summed E-state index contributed by atoms with van der Waals surface area (Å²) < 4.78 is 5.41. The van der Waals surface area contributed by atoms with Gasteiger partial charge in [0.25, 0.3) is 0 Å². The largest absolute Gasteiger partial charge is 0.453 e. The van der Waals surface area contributed by atoms with Crippen molar-refractivity contribution in [3.05, 3.63) is 71.8 Å². The molecule has 0 aliphatic carbocycles. The highest BCUT2D eigenvalue weighted by atomic mass is 16.6. The molecule has 1 aliphatic heterocycles. The first-order valence-corrected chi connectivity index (χ1v) is 8.03. The zero-order chi connectivity index (χ0) is 16.2. The third-order valence-electron chi connectivity index (χ3n) is 4.47. The summed E-state index contributed by atoms with van der Waals surface area (Å²) in [6.45, 7) is 2.00. The van der Waals surface area contributed by atoms with Crippen molar-refractivity contribution in [3.8, 4) is 0 Å². The fourth-order valence-electron chi connectivity index (χ4n) is 3.29. The average Bonchev–Trinajstić information content (AvgIpc) is 2.85. The number of ether oxygens (including phenoxy) is 1. The van der Waals surface area contributed by atoms with Gasteiger partial charge in [0.2, 0.25) is 0 Å². The van der Waals surface area contributed by atoms with Gasteiger partial charge in [-0.3, -0.25) is 9.59 Å². The Morgan fingerprint density at radius 2 is 1.57 bits per heavy atom. The van der Waals surface area contributed by atoms with E-state index in [1.54, 1.807) is 0 Å². The van der Waals surface area contributed by atoms with Crippen LogP contribution < -0.4 is 0 Å². The zero-order valence-electron chi connectivity index (χ0n) is 13.1. The van der Waals surface area contributed by atoms with Crippen molar-refractivity contribution in [1.82, 2.24) is 0 Å². The van der Waals surface area contributed by atoms with Gasteiger partial charge >= 0.3 is 5.97 Å². The summed E-state index contributed by atoms with van der Waals surface area (Å²) in [5.74, 6) is -1.27. The second-order valence-corrected chi connectivity index (χ2v) is 5.92. The molecule has 2 aromatic carbocycles. The highest BCUT2D eigenvalue weighted by Crippen LogP contribution is 2.35. The molecule has 23 heavy (non-hydrogen) atoms. The summed E-state index contributed by atoms with van der Waals surface area (Å²) in [6.07, 6.45) is 0.522.